The molecule has 0 unspecified atom stereocenters. The number of nitrogens with one attached hydrogen (secondary N) is 2. The Kier molecular flexibility index (Phi) is 8.39. The fraction of sp³-hybridized carbons (Fsp3) is 0.400. The van der Waals surface area contributed by atoms with E-state index >= 15 is 0 Å². The lowest BCUT2D eigenvalue weighted by atomic mass is 9.63. The molecule has 0 aliphatic heterocycles. The van der Waals surface area contributed by atoms with E-state index in [1.807, 2.05) is 36.3 Å². The van der Waals surface area contributed by atoms with Gasteiger partial charge in [0, 0.05) is 19.0 Å². The quantitative estimate of drug-likeness (QED) is 0.435. The monoisotopic (exact) mass is 300 g/mol. The summed E-state index contributed by atoms with van der Waals surface area (Å²) in [7, 11) is 1.27. The molecular weight excluding hydrogens is 281 g/mol. The second-order valence-corrected chi connectivity index (χ2v) is 4.74. The molecule has 0 saturated carbocycles. The van der Waals surface area contributed by atoms with Gasteiger partial charge >= 0.3 is 0 Å². The predicted molar refractivity (Wildman–Crippen MR) is 83.0 cm³/mol. The highest BCUT2D eigenvalue weighted by Gasteiger charge is 2.20. The van der Waals surface area contributed by atoms with Crippen LogP contribution in [0.25, 0.3) is 0 Å². The Bertz CT molecular complexity index is 517. The van der Waals surface area contributed by atoms with Gasteiger partial charge in [-0.3, -0.25) is 9.59 Å². The van der Waals surface area contributed by atoms with Gasteiger partial charge in [0.2, 0.25) is 11.8 Å². The van der Waals surface area contributed by atoms with Gasteiger partial charge in [-0.1, -0.05) is 30.3 Å². The second kappa shape index (κ2) is 10.4. The molecule has 0 bridgehead atoms. The molecule has 7 heteroatoms. The van der Waals surface area contributed by atoms with Crippen molar-refractivity contribution < 1.29 is 14.7 Å². The van der Waals surface area contributed by atoms with E-state index in [9.17, 15) is 9.59 Å². The summed E-state index contributed by atoms with van der Waals surface area (Å²) >= 11 is 0. The molecule has 22 heavy (non-hydrogen) atoms. The standard InChI is InChI=1S/C15H19BN3O3/c17-11-16-13(9-12-5-2-1-3-6-12)15(22)19-10-14(21)18-7-4-8-20/h1-3,5-6,13,20H,4,7-10H2,(H,18,21)(H,19,22)/t13-/m0/s1. The molecule has 0 saturated heterocycles. The van der Waals surface area contributed by atoms with Crippen molar-refractivity contribution in [3.63, 3.8) is 0 Å². The van der Waals surface area contributed by atoms with Gasteiger partial charge in [0.05, 0.1) is 6.54 Å². The summed E-state index contributed by atoms with van der Waals surface area (Å²) in [6, 6.07) is 9.38. The summed E-state index contributed by atoms with van der Waals surface area (Å²) in [5, 5.41) is 22.5. The maximum Gasteiger partial charge on any atom is 0.268 e. The minimum atomic E-state index is -0.599. The number of rotatable bonds is 9. The fourth-order valence-corrected chi connectivity index (χ4v) is 1.85. The topological polar surface area (TPSA) is 102 Å². The summed E-state index contributed by atoms with van der Waals surface area (Å²) in [5.41, 5.74) is 0.946. The molecule has 1 atom stereocenters. The number of aliphatic hydroxyl groups excluding tert-OH is 1. The Morgan fingerprint density at radius 1 is 1.27 bits per heavy atom. The summed E-state index contributed by atoms with van der Waals surface area (Å²) in [6.45, 7) is 0.223. The van der Waals surface area contributed by atoms with Crippen LogP contribution in [-0.2, 0) is 16.0 Å². The van der Waals surface area contributed by atoms with Crippen molar-refractivity contribution in [2.45, 2.75) is 18.7 Å². The van der Waals surface area contributed by atoms with Gasteiger partial charge in [-0.05, 0) is 24.4 Å². The van der Waals surface area contributed by atoms with Crippen LogP contribution >= 0.6 is 0 Å². The van der Waals surface area contributed by atoms with Crippen molar-refractivity contribution in [1.82, 2.24) is 10.6 Å². The number of carbonyl (C=O) groups is 2. The highest BCUT2D eigenvalue weighted by Crippen LogP contribution is 2.13. The minimum Gasteiger partial charge on any atom is -0.396 e. The Hall–Kier alpha value is -2.33. The molecule has 3 N–H and O–H groups in total. The zero-order valence-electron chi connectivity index (χ0n) is 12.3. The average molecular weight is 300 g/mol. The van der Waals surface area contributed by atoms with Crippen molar-refractivity contribution in [3.8, 4) is 5.97 Å². The average Bonchev–Trinajstić information content (AvgIpc) is 2.53. The van der Waals surface area contributed by atoms with E-state index in [2.05, 4.69) is 10.6 Å². The van der Waals surface area contributed by atoms with Crippen LogP contribution in [0, 0.1) is 11.2 Å². The zero-order chi connectivity index (χ0) is 16.2. The van der Waals surface area contributed by atoms with Gasteiger partial charge in [-0.2, -0.15) is 0 Å². The summed E-state index contributed by atoms with van der Waals surface area (Å²) in [4.78, 5) is 23.5. The molecule has 0 aromatic heterocycles. The van der Waals surface area contributed by atoms with Crippen LogP contribution in [-0.4, -0.2) is 43.9 Å². The van der Waals surface area contributed by atoms with Crippen LogP contribution < -0.4 is 10.6 Å². The zero-order valence-corrected chi connectivity index (χ0v) is 12.3. The fourth-order valence-electron chi connectivity index (χ4n) is 1.85. The molecule has 6 nitrogen and oxygen atoms in total. The van der Waals surface area contributed by atoms with E-state index in [4.69, 9.17) is 10.4 Å². The molecule has 2 amide bonds. The molecular formula is C15H19BN3O3. The number of aliphatic hydroxyl groups is 1. The lowest BCUT2D eigenvalue weighted by Gasteiger charge is -2.13. The summed E-state index contributed by atoms with van der Waals surface area (Å²) < 4.78 is 0. The summed E-state index contributed by atoms with van der Waals surface area (Å²) in [5.74, 6) is 0.604. The largest absolute Gasteiger partial charge is 0.396 e. The number of benzene rings is 1. The highest BCUT2D eigenvalue weighted by atomic mass is 16.3. The number of hydrogen-bond donors (Lipinski definition) is 3. The number of nitriles is 1. The first-order chi connectivity index (χ1) is 10.7. The molecule has 0 aliphatic carbocycles. The van der Waals surface area contributed by atoms with E-state index in [-0.39, 0.29) is 25.0 Å². The van der Waals surface area contributed by atoms with Gasteiger partial charge in [0.25, 0.3) is 7.28 Å². The lowest BCUT2D eigenvalue weighted by molar-refractivity contribution is -0.126. The molecule has 1 radical (unpaired) electrons. The van der Waals surface area contributed by atoms with Crippen LogP contribution in [0.4, 0.5) is 0 Å². The Morgan fingerprint density at radius 3 is 2.64 bits per heavy atom. The summed E-state index contributed by atoms with van der Waals surface area (Å²) in [6.07, 6.45) is 0.880. The molecule has 0 heterocycles. The van der Waals surface area contributed by atoms with Crippen LogP contribution in [0.3, 0.4) is 0 Å². The first-order valence-corrected chi connectivity index (χ1v) is 7.09. The first kappa shape index (κ1) is 17.7. The third kappa shape index (κ3) is 6.91. The van der Waals surface area contributed by atoms with Gasteiger partial charge in [-0.15, -0.1) is 0 Å². The molecule has 1 aromatic carbocycles. The molecule has 115 valence electrons. The number of nitrogens with zero attached hydrogens (tertiary/aromatic N) is 1. The first-order valence-electron chi connectivity index (χ1n) is 7.09. The van der Waals surface area contributed by atoms with Crippen molar-refractivity contribution >= 4 is 19.1 Å². The lowest BCUT2D eigenvalue weighted by Crippen LogP contribution is -2.40. The van der Waals surface area contributed by atoms with Crippen molar-refractivity contribution in [3.05, 3.63) is 35.9 Å². The van der Waals surface area contributed by atoms with Crippen molar-refractivity contribution in [2.24, 2.45) is 0 Å². The predicted octanol–water partition coefficient (Wildman–Crippen LogP) is -0.182. The third-order valence-corrected chi connectivity index (χ3v) is 2.99. The third-order valence-electron chi connectivity index (χ3n) is 2.99. The van der Waals surface area contributed by atoms with Gasteiger partial charge < -0.3 is 15.7 Å². The Balaban J connectivity index is 2.45. The van der Waals surface area contributed by atoms with Gasteiger partial charge in [0.1, 0.15) is 0 Å². The van der Waals surface area contributed by atoms with Crippen LogP contribution in [0.5, 0.6) is 0 Å². The van der Waals surface area contributed by atoms with Crippen molar-refractivity contribution in [2.75, 3.05) is 19.7 Å². The Morgan fingerprint density at radius 2 is 2.00 bits per heavy atom. The highest BCUT2D eigenvalue weighted by molar-refractivity contribution is 6.52. The van der Waals surface area contributed by atoms with Crippen LogP contribution in [0.2, 0.25) is 5.82 Å². The molecule has 0 fully saturated rings. The maximum absolute atomic E-state index is 12.1. The number of carbonyl (C=O) groups excluding carboxylic acids is 2. The minimum absolute atomic E-state index is 0.00290. The molecule has 1 aromatic rings. The number of amides is 2. The van der Waals surface area contributed by atoms with E-state index in [0.717, 1.165) is 5.56 Å². The SMILES string of the molecule is N#C[B][C@@H](Cc1ccccc1)C(=O)NCC(=O)NCCCO. The van der Waals surface area contributed by atoms with Crippen LogP contribution in [0.1, 0.15) is 12.0 Å². The van der Waals surface area contributed by atoms with Crippen molar-refractivity contribution in [1.29, 1.82) is 5.26 Å². The van der Waals surface area contributed by atoms with E-state index in [1.54, 1.807) is 0 Å². The van der Waals surface area contributed by atoms with E-state index in [0.29, 0.717) is 19.4 Å². The smallest absolute Gasteiger partial charge is 0.268 e. The second-order valence-electron chi connectivity index (χ2n) is 4.74. The maximum atomic E-state index is 12.1. The van der Waals surface area contributed by atoms with Gasteiger partial charge in [-0.25, -0.2) is 5.26 Å². The van der Waals surface area contributed by atoms with E-state index < -0.39 is 5.82 Å². The Labute approximate surface area is 130 Å². The molecule has 1 rings (SSSR count). The normalized spacial score (nSPS) is 11.1. The van der Waals surface area contributed by atoms with Gasteiger partial charge in [0.15, 0.2) is 0 Å². The van der Waals surface area contributed by atoms with E-state index in [1.165, 1.54) is 7.28 Å². The van der Waals surface area contributed by atoms with Crippen LogP contribution in [0.15, 0.2) is 30.3 Å². The molecule has 0 spiro atoms. The molecule has 0 aliphatic rings. The number of hydrogen-bond acceptors (Lipinski definition) is 4.